The Labute approximate surface area is 145 Å². The Bertz CT molecular complexity index is 771. The summed E-state index contributed by atoms with van der Waals surface area (Å²) in [6, 6.07) is 5.72. The number of H-pyrrole nitrogens is 1. The molecule has 2 aliphatic carbocycles. The molecule has 2 saturated carbocycles. The zero-order chi connectivity index (χ0) is 17.4. The van der Waals surface area contributed by atoms with Gasteiger partial charge in [-0.25, -0.2) is 8.78 Å². The molecule has 0 saturated heterocycles. The molecular formula is C19H21F2N3O. The van der Waals surface area contributed by atoms with Crippen molar-refractivity contribution in [1.82, 2.24) is 15.5 Å². The van der Waals surface area contributed by atoms with E-state index >= 15 is 0 Å². The van der Waals surface area contributed by atoms with Crippen LogP contribution in [0.15, 0.2) is 24.3 Å². The van der Waals surface area contributed by atoms with E-state index in [9.17, 15) is 13.6 Å². The van der Waals surface area contributed by atoms with Crippen molar-refractivity contribution in [3.63, 3.8) is 0 Å². The van der Waals surface area contributed by atoms with Gasteiger partial charge in [0, 0.05) is 29.1 Å². The second-order valence-corrected chi connectivity index (χ2v) is 7.25. The molecule has 1 amide bonds. The molecule has 2 aromatic rings. The first-order valence-corrected chi connectivity index (χ1v) is 8.87. The maximum absolute atomic E-state index is 14.3. The molecule has 132 valence electrons. The molecule has 0 spiro atoms. The Morgan fingerprint density at radius 2 is 1.92 bits per heavy atom. The molecule has 2 fully saturated rings. The first-order chi connectivity index (χ1) is 12.1. The molecule has 0 bridgehead atoms. The van der Waals surface area contributed by atoms with Crippen LogP contribution in [0, 0.1) is 11.6 Å². The smallest absolute Gasteiger partial charge is 0.271 e. The van der Waals surface area contributed by atoms with Gasteiger partial charge >= 0.3 is 0 Å². The van der Waals surface area contributed by atoms with E-state index in [0.29, 0.717) is 24.5 Å². The maximum atomic E-state index is 14.3. The highest BCUT2D eigenvalue weighted by molar-refractivity contribution is 5.92. The van der Waals surface area contributed by atoms with E-state index in [1.54, 1.807) is 6.07 Å². The average Bonchev–Trinajstić information content (AvgIpc) is 3.14. The molecule has 0 atom stereocenters. The number of aromatic amines is 1. The fourth-order valence-electron chi connectivity index (χ4n) is 3.97. The Morgan fingerprint density at radius 1 is 1.24 bits per heavy atom. The van der Waals surface area contributed by atoms with E-state index in [4.69, 9.17) is 0 Å². The highest BCUT2D eigenvalue weighted by Crippen LogP contribution is 2.43. The molecule has 6 heteroatoms. The van der Waals surface area contributed by atoms with Crippen molar-refractivity contribution in [2.24, 2.45) is 0 Å². The minimum absolute atomic E-state index is 0.105. The first kappa shape index (κ1) is 16.2. The highest BCUT2D eigenvalue weighted by atomic mass is 19.1. The van der Waals surface area contributed by atoms with E-state index in [1.165, 1.54) is 18.2 Å². The number of rotatable bonds is 5. The van der Waals surface area contributed by atoms with Crippen molar-refractivity contribution in [3.8, 4) is 0 Å². The molecule has 0 aliphatic heterocycles. The predicted molar refractivity (Wildman–Crippen MR) is 89.4 cm³/mol. The van der Waals surface area contributed by atoms with Crippen LogP contribution in [0.2, 0.25) is 0 Å². The third-order valence-corrected chi connectivity index (χ3v) is 5.49. The maximum Gasteiger partial charge on any atom is 0.271 e. The van der Waals surface area contributed by atoms with Crippen molar-refractivity contribution in [2.45, 2.75) is 49.9 Å². The molecule has 1 aromatic carbocycles. The zero-order valence-corrected chi connectivity index (χ0v) is 13.9. The number of aromatic nitrogens is 2. The van der Waals surface area contributed by atoms with Gasteiger partial charge in [-0.15, -0.1) is 0 Å². The van der Waals surface area contributed by atoms with E-state index in [2.05, 4.69) is 15.5 Å². The summed E-state index contributed by atoms with van der Waals surface area (Å²) in [5.41, 5.74) is 0.749. The number of carbonyl (C=O) groups is 1. The number of nitrogens with one attached hydrogen (secondary N) is 2. The monoisotopic (exact) mass is 345 g/mol. The Kier molecular flexibility index (Phi) is 4.06. The van der Waals surface area contributed by atoms with Gasteiger partial charge in [0.05, 0.1) is 0 Å². The summed E-state index contributed by atoms with van der Waals surface area (Å²) in [4.78, 5) is 12.4. The first-order valence-electron chi connectivity index (χ1n) is 8.87. The molecule has 1 aromatic heterocycles. The van der Waals surface area contributed by atoms with Crippen LogP contribution >= 0.6 is 0 Å². The molecule has 1 heterocycles. The van der Waals surface area contributed by atoms with Crippen molar-refractivity contribution < 1.29 is 13.6 Å². The lowest BCUT2D eigenvalue weighted by molar-refractivity contribution is 0.0937. The molecule has 2 aliphatic rings. The van der Waals surface area contributed by atoms with Gasteiger partial charge in [-0.1, -0.05) is 18.9 Å². The number of hydrogen-bond donors (Lipinski definition) is 2. The lowest BCUT2D eigenvalue weighted by Crippen LogP contribution is -2.40. The summed E-state index contributed by atoms with van der Waals surface area (Å²) >= 11 is 0. The summed E-state index contributed by atoms with van der Waals surface area (Å²) in [6.45, 7) is 0.218. The van der Waals surface area contributed by atoms with Crippen LogP contribution in [-0.2, 0) is 5.41 Å². The van der Waals surface area contributed by atoms with Crippen LogP contribution < -0.4 is 5.32 Å². The lowest BCUT2D eigenvalue weighted by atomic mass is 9.78. The number of halogens is 2. The summed E-state index contributed by atoms with van der Waals surface area (Å²) in [6.07, 6.45) is 5.38. The second-order valence-electron chi connectivity index (χ2n) is 7.25. The Morgan fingerprint density at radius 3 is 2.56 bits per heavy atom. The minimum atomic E-state index is -0.680. The Balaban J connectivity index is 1.53. The van der Waals surface area contributed by atoms with E-state index in [1.807, 2.05) is 0 Å². The average molecular weight is 345 g/mol. The zero-order valence-electron chi connectivity index (χ0n) is 13.9. The molecule has 25 heavy (non-hydrogen) atoms. The SMILES string of the molecule is O=C(NCC1(c2c(F)cccc2F)CCCC1)c1cc(C2CC2)[nH]n1. The van der Waals surface area contributed by atoms with Gasteiger partial charge in [0.15, 0.2) is 0 Å². The van der Waals surface area contributed by atoms with Crippen molar-refractivity contribution >= 4 is 5.91 Å². The number of hydrogen-bond acceptors (Lipinski definition) is 2. The van der Waals surface area contributed by atoms with Crippen LogP contribution in [-0.4, -0.2) is 22.6 Å². The third kappa shape index (κ3) is 3.05. The highest BCUT2D eigenvalue weighted by Gasteiger charge is 2.40. The van der Waals surface area contributed by atoms with Crippen LogP contribution in [0.5, 0.6) is 0 Å². The number of carbonyl (C=O) groups excluding carboxylic acids is 1. The topological polar surface area (TPSA) is 57.8 Å². The van der Waals surface area contributed by atoms with E-state index in [-0.39, 0.29) is 18.0 Å². The second kappa shape index (κ2) is 6.24. The fourth-order valence-corrected chi connectivity index (χ4v) is 3.97. The van der Waals surface area contributed by atoms with Crippen molar-refractivity contribution in [1.29, 1.82) is 0 Å². The lowest BCUT2D eigenvalue weighted by Gasteiger charge is -2.30. The van der Waals surface area contributed by atoms with Gasteiger partial charge in [-0.2, -0.15) is 5.10 Å². The number of benzene rings is 1. The Hall–Kier alpha value is -2.24. The molecular weight excluding hydrogens is 324 g/mol. The fraction of sp³-hybridized carbons (Fsp3) is 0.474. The van der Waals surface area contributed by atoms with Gasteiger partial charge < -0.3 is 5.32 Å². The summed E-state index contributed by atoms with van der Waals surface area (Å²) < 4.78 is 28.6. The summed E-state index contributed by atoms with van der Waals surface area (Å²) in [7, 11) is 0. The van der Waals surface area contributed by atoms with Crippen molar-refractivity contribution in [2.75, 3.05) is 6.54 Å². The molecule has 4 rings (SSSR count). The van der Waals surface area contributed by atoms with E-state index in [0.717, 1.165) is 31.4 Å². The van der Waals surface area contributed by atoms with Crippen LogP contribution in [0.25, 0.3) is 0 Å². The van der Waals surface area contributed by atoms with Gasteiger partial charge in [0.1, 0.15) is 17.3 Å². The van der Waals surface area contributed by atoms with Crippen molar-refractivity contribution in [3.05, 3.63) is 52.9 Å². The standard InChI is InChI=1S/C19H21F2N3O/c20-13-4-3-5-14(21)17(13)19(8-1-2-9-19)11-22-18(25)16-10-15(23-24-16)12-6-7-12/h3-5,10,12H,1-2,6-9,11H2,(H,22,25)(H,23,24). The van der Waals surface area contributed by atoms with Crippen LogP contribution in [0.3, 0.4) is 0 Å². The van der Waals surface area contributed by atoms with Gasteiger partial charge in [0.2, 0.25) is 0 Å². The molecule has 0 unspecified atom stereocenters. The van der Waals surface area contributed by atoms with E-state index < -0.39 is 17.0 Å². The third-order valence-electron chi connectivity index (χ3n) is 5.49. The number of nitrogens with zero attached hydrogens (tertiary/aromatic N) is 1. The van der Waals surface area contributed by atoms with Gasteiger partial charge in [0.25, 0.3) is 5.91 Å². The van der Waals surface area contributed by atoms with Crippen LogP contribution in [0.1, 0.15) is 66.2 Å². The quantitative estimate of drug-likeness (QED) is 0.866. The van der Waals surface area contributed by atoms with Gasteiger partial charge in [-0.05, 0) is 43.9 Å². The molecule has 2 N–H and O–H groups in total. The normalized spacial score (nSPS) is 19.1. The summed E-state index contributed by atoms with van der Waals surface area (Å²) in [5, 5.41) is 9.83. The molecule has 0 radical (unpaired) electrons. The largest absolute Gasteiger partial charge is 0.350 e. The predicted octanol–water partition coefficient (Wildman–Crippen LogP) is 3.81. The minimum Gasteiger partial charge on any atom is -0.350 e. The summed E-state index contributed by atoms with van der Waals surface area (Å²) in [5.74, 6) is -0.882. The van der Waals surface area contributed by atoms with Gasteiger partial charge in [-0.3, -0.25) is 9.89 Å². The molecule has 4 nitrogen and oxygen atoms in total. The van der Waals surface area contributed by atoms with Crippen LogP contribution in [0.4, 0.5) is 8.78 Å². The number of amides is 1.